The van der Waals surface area contributed by atoms with Gasteiger partial charge in [0.1, 0.15) is 5.75 Å². The second-order valence-corrected chi connectivity index (χ2v) is 6.25. The largest absolute Gasteiger partial charge is 0.494 e. The highest BCUT2D eigenvalue weighted by Gasteiger charge is 2.16. The van der Waals surface area contributed by atoms with Crippen LogP contribution in [0.2, 0.25) is 0 Å². The average molecular weight is 392 g/mol. The van der Waals surface area contributed by atoms with Crippen LogP contribution >= 0.6 is 0 Å². The summed E-state index contributed by atoms with van der Waals surface area (Å²) in [5, 5.41) is 0.552. The van der Waals surface area contributed by atoms with Gasteiger partial charge in [-0.1, -0.05) is 18.2 Å². The van der Waals surface area contributed by atoms with Crippen molar-refractivity contribution in [1.82, 2.24) is 9.97 Å². The highest BCUT2D eigenvalue weighted by molar-refractivity contribution is 6.02. The van der Waals surface area contributed by atoms with E-state index in [0.29, 0.717) is 52.2 Å². The molecule has 0 aliphatic rings. The minimum absolute atomic E-state index is 0.0850. The molecule has 0 saturated carbocycles. The van der Waals surface area contributed by atoms with E-state index in [1.165, 1.54) is 0 Å². The first-order chi connectivity index (χ1) is 14.0. The average Bonchev–Trinajstić information content (AvgIpc) is 2.71. The summed E-state index contributed by atoms with van der Waals surface area (Å²) in [4.78, 5) is 34.3. The molecular formula is C20H20N6O3. The number of amides is 1. The minimum atomic E-state index is -0.371. The van der Waals surface area contributed by atoms with E-state index in [9.17, 15) is 9.59 Å². The number of benzene rings is 2. The van der Waals surface area contributed by atoms with Gasteiger partial charge in [0.25, 0.3) is 0 Å². The normalized spacial score (nSPS) is 10.5. The maximum Gasteiger partial charge on any atom is 0.240 e. The first-order valence-electron chi connectivity index (χ1n) is 8.92. The quantitative estimate of drug-likeness (QED) is 0.300. The Morgan fingerprint density at radius 2 is 2.03 bits per heavy atom. The second kappa shape index (κ2) is 8.92. The Bertz CT molecular complexity index is 1110. The summed E-state index contributed by atoms with van der Waals surface area (Å²) in [6.45, 7) is 0.528. The lowest BCUT2D eigenvalue weighted by atomic mass is 10.0. The molecule has 0 unspecified atom stereocenters. The molecule has 6 N–H and O–H groups in total. The van der Waals surface area contributed by atoms with Gasteiger partial charge in [0, 0.05) is 18.5 Å². The van der Waals surface area contributed by atoms with E-state index in [4.69, 9.17) is 21.9 Å². The van der Waals surface area contributed by atoms with Crippen LogP contribution in [0.15, 0.2) is 41.4 Å². The first kappa shape index (κ1) is 19.9. The van der Waals surface area contributed by atoms with Crippen molar-refractivity contribution in [2.75, 3.05) is 12.3 Å². The number of aromatic nitrogens is 2. The van der Waals surface area contributed by atoms with Crippen LogP contribution in [-0.4, -0.2) is 28.6 Å². The number of rotatable bonds is 8. The SMILES string of the molecule is NCc1ccc2nc(N)nc(-c3cccc(OCCCC(N)=O)c3)c2c1N=C=O. The standard InChI is InChI=1S/C20H20N6O3/c21-10-13-6-7-15-17(18(13)24-11-27)19(26-20(23)25-15)12-3-1-4-14(9-12)29-8-2-5-16(22)28/h1,3-4,6-7,9H,2,5,8,10,21H2,(H2,22,28)(H2,23,25,26). The van der Waals surface area contributed by atoms with Gasteiger partial charge in [0.15, 0.2) is 0 Å². The van der Waals surface area contributed by atoms with Crippen molar-refractivity contribution in [2.45, 2.75) is 19.4 Å². The summed E-state index contributed by atoms with van der Waals surface area (Å²) in [5.41, 5.74) is 19.6. The number of aliphatic imine (C=N–C) groups is 1. The van der Waals surface area contributed by atoms with Gasteiger partial charge in [-0.05, 0) is 30.2 Å². The van der Waals surface area contributed by atoms with Gasteiger partial charge in [-0.25, -0.2) is 14.8 Å². The summed E-state index contributed by atoms with van der Waals surface area (Å²) < 4.78 is 5.70. The van der Waals surface area contributed by atoms with Gasteiger partial charge in [0.2, 0.25) is 17.9 Å². The molecule has 3 aromatic rings. The fourth-order valence-corrected chi connectivity index (χ4v) is 2.99. The summed E-state index contributed by atoms with van der Waals surface area (Å²) >= 11 is 0. The molecule has 0 aliphatic carbocycles. The molecule has 0 saturated heterocycles. The molecule has 0 spiro atoms. The first-order valence-corrected chi connectivity index (χ1v) is 8.92. The number of carbonyl (C=O) groups is 1. The number of primary amides is 1. The number of hydrogen-bond acceptors (Lipinski definition) is 8. The van der Waals surface area contributed by atoms with Crippen molar-refractivity contribution < 1.29 is 14.3 Å². The van der Waals surface area contributed by atoms with Crippen molar-refractivity contribution >= 4 is 34.5 Å². The number of carbonyl (C=O) groups excluding carboxylic acids is 2. The molecule has 29 heavy (non-hydrogen) atoms. The van der Waals surface area contributed by atoms with Crippen LogP contribution in [0.5, 0.6) is 5.75 Å². The zero-order valence-electron chi connectivity index (χ0n) is 15.6. The summed E-state index contributed by atoms with van der Waals surface area (Å²) in [6, 6.07) is 10.7. The van der Waals surface area contributed by atoms with Crippen LogP contribution in [-0.2, 0) is 16.1 Å². The molecule has 1 heterocycles. The Hall–Kier alpha value is -3.81. The smallest absolute Gasteiger partial charge is 0.240 e. The highest BCUT2D eigenvalue weighted by atomic mass is 16.5. The molecule has 0 radical (unpaired) electrons. The molecule has 1 amide bonds. The number of nitrogen functional groups attached to an aromatic ring is 1. The number of nitrogens with two attached hydrogens (primary N) is 3. The molecule has 9 nitrogen and oxygen atoms in total. The lowest BCUT2D eigenvalue weighted by Gasteiger charge is -2.12. The Morgan fingerprint density at radius 1 is 1.21 bits per heavy atom. The van der Waals surface area contributed by atoms with Crippen molar-refractivity contribution in [3.63, 3.8) is 0 Å². The van der Waals surface area contributed by atoms with E-state index in [1.54, 1.807) is 36.4 Å². The second-order valence-electron chi connectivity index (χ2n) is 6.25. The van der Waals surface area contributed by atoms with Gasteiger partial charge in [0.05, 0.1) is 28.9 Å². The van der Waals surface area contributed by atoms with Crippen molar-refractivity contribution in [3.05, 3.63) is 42.0 Å². The highest BCUT2D eigenvalue weighted by Crippen LogP contribution is 2.37. The van der Waals surface area contributed by atoms with Gasteiger partial charge >= 0.3 is 0 Å². The molecule has 9 heteroatoms. The Labute approximate surface area is 166 Å². The molecule has 148 valence electrons. The van der Waals surface area contributed by atoms with Crippen LogP contribution in [0.3, 0.4) is 0 Å². The van der Waals surface area contributed by atoms with Crippen LogP contribution < -0.4 is 21.9 Å². The third-order valence-electron chi connectivity index (χ3n) is 4.26. The molecule has 1 aromatic heterocycles. The van der Waals surface area contributed by atoms with Gasteiger partial charge < -0.3 is 21.9 Å². The van der Waals surface area contributed by atoms with E-state index in [2.05, 4.69) is 15.0 Å². The van der Waals surface area contributed by atoms with Crippen molar-refractivity contribution in [2.24, 2.45) is 16.5 Å². The third kappa shape index (κ3) is 4.55. The molecule has 0 aliphatic heterocycles. The third-order valence-corrected chi connectivity index (χ3v) is 4.26. The van der Waals surface area contributed by atoms with Crippen LogP contribution in [0.25, 0.3) is 22.2 Å². The maximum absolute atomic E-state index is 11.0. The topological polar surface area (TPSA) is 160 Å². The van der Waals surface area contributed by atoms with E-state index in [0.717, 1.165) is 0 Å². The van der Waals surface area contributed by atoms with Crippen LogP contribution in [0.1, 0.15) is 18.4 Å². The van der Waals surface area contributed by atoms with Crippen LogP contribution in [0.4, 0.5) is 11.6 Å². The number of ether oxygens (including phenoxy) is 1. The number of anilines is 1. The predicted molar refractivity (Wildman–Crippen MR) is 109 cm³/mol. The van der Waals surface area contributed by atoms with Gasteiger partial charge in [-0.2, -0.15) is 4.99 Å². The Kier molecular flexibility index (Phi) is 6.13. The molecule has 0 atom stereocenters. The summed E-state index contributed by atoms with van der Waals surface area (Å²) in [5.74, 6) is 0.304. The molecule has 0 bridgehead atoms. The number of fused-ring (bicyclic) bond motifs is 1. The van der Waals surface area contributed by atoms with E-state index >= 15 is 0 Å². The minimum Gasteiger partial charge on any atom is -0.494 e. The molecule has 3 rings (SSSR count). The maximum atomic E-state index is 11.0. The number of hydrogen-bond donors (Lipinski definition) is 3. The summed E-state index contributed by atoms with van der Waals surface area (Å²) in [7, 11) is 0. The summed E-state index contributed by atoms with van der Waals surface area (Å²) in [6.07, 6.45) is 2.34. The number of isocyanates is 1. The zero-order chi connectivity index (χ0) is 20.8. The fraction of sp³-hybridized carbons (Fsp3) is 0.200. The Morgan fingerprint density at radius 3 is 2.76 bits per heavy atom. The molecule has 0 fully saturated rings. The van der Waals surface area contributed by atoms with Crippen molar-refractivity contribution in [3.8, 4) is 17.0 Å². The van der Waals surface area contributed by atoms with E-state index in [1.807, 2.05) is 6.07 Å². The van der Waals surface area contributed by atoms with E-state index in [-0.39, 0.29) is 24.8 Å². The predicted octanol–water partition coefficient (Wildman–Crippen LogP) is 1.95. The zero-order valence-corrected chi connectivity index (χ0v) is 15.6. The fourth-order valence-electron chi connectivity index (χ4n) is 2.99. The Balaban J connectivity index is 2.08. The van der Waals surface area contributed by atoms with Gasteiger partial charge in [-0.3, -0.25) is 4.79 Å². The molecule has 2 aromatic carbocycles. The van der Waals surface area contributed by atoms with Crippen molar-refractivity contribution in [1.29, 1.82) is 0 Å². The van der Waals surface area contributed by atoms with Gasteiger partial charge in [-0.15, -0.1) is 0 Å². The molecular weight excluding hydrogens is 372 g/mol. The van der Waals surface area contributed by atoms with Crippen LogP contribution in [0, 0.1) is 0 Å². The lowest BCUT2D eigenvalue weighted by molar-refractivity contribution is -0.118. The van der Waals surface area contributed by atoms with E-state index < -0.39 is 0 Å². The lowest BCUT2D eigenvalue weighted by Crippen LogP contribution is -2.11. The monoisotopic (exact) mass is 392 g/mol. The number of nitrogens with zero attached hydrogens (tertiary/aromatic N) is 3.